The van der Waals surface area contributed by atoms with Crippen LogP contribution in [0.4, 0.5) is 0 Å². The molecule has 1 amide bonds. The van der Waals surface area contributed by atoms with Crippen molar-refractivity contribution in [2.24, 2.45) is 5.92 Å². The lowest BCUT2D eigenvalue weighted by Crippen LogP contribution is -2.37. The van der Waals surface area contributed by atoms with Gasteiger partial charge in [0.15, 0.2) is 0 Å². The van der Waals surface area contributed by atoms with Crippen molar-refractivity contribution in [2.45, 2.75) is 45.6 Å². The molecule has 0 aromatic heterocycles. The summed E-state index contributed by atoms with van der Waals surface area (Å²) in [5, 5.41) is 11.9. The van der Waals surface area contributed by atoms with E-state index >= 15 is 0 Å². The summed E-state index contributed by atoms with van der Waals surface area (Å²) in [6, 6.07) is 5.81. The molecule has 3 heteroatoms. The van der Waals surface area contributed by atoms with E-state index in [-0.39, 0.29) is 18.6 Å². The lowest BCUT2D eigenvalue weighted by atomic mass is 9.98. The van der Waals surface area contributed by atoms with Crippen LogP contribution in [0.5, 0.6) is 0 Å². The van der Waals surface area contributed by atoms with Crippen molar-refractivity contribution in [3.8, 4) is 11.8 Å². The van der Waals surface area contributed by atoms with Crippen molar-refractivity contribution in [3.63, 3.8) is 0 Å². The summed E-state index contributed by atoms with van der Waals surface area (Å²) in [5.74, 6) is 6.00. The fraction of sp³-hybridized carbons (Fsp3) is 0.500. The van der Waals surface area contributed by atoms with Crippen molar-refractivity contribution < 1.29 is 9.90 Å². The van der Waals surface area contributed by atoms with Crippen LogP contribution in [0.2, 0.25) is 0 Å². The van der Waals surface area contributed by atoms with Gasteiger partial charge in [0, 0.05) is 11.6 Å². The number of carbonyl (C=O) groups excluding carboxylic acids is 1. The minimum atomic E-state index is -0.201. The Labute approximate surface area is 126 Å². The number of carbonyl (C=O) groups is 1. The monoisotopic (exact) mass is 285 g/mol. The van der Waals surface area contributed by atoms with Crippen LogP contribution in [0.3, 0.4) is 0 Å². The first-order valence-corrected chi connectivity index (χ1v) is 7.63. The molecule has 1 fully saturated rings. The minimum Gasteiger partial charge on any atom is -0.384 e. The summed E-state index contributed by atoms with van der Waals surface area (Å²) < 4.78 is 0. The molecule has 3 nitrogen and oxygen atoms in total. The van der Waals surface area contributed by atoms with E-state index in [4.69, 9.17) is 5.11 Å². The summed E-state index contributed by atoms with van der Waals surface area (Å²) in [4.78, 5) is 12.5. The quantitative estimate of drug-likeness (QED) is 0.839. The van der Waals surface area contributed by atoms with Crippen molar-refractivity contribution in [3.05, 3.63) is 34.9 Å². The van der Waals surface area contributed by atoms with Crippen LogP contribution in [0.25, 0.3) is 0 Å². The van der Waals surface area contributed by atoms with E-state index in [1.54, 1.807) is 0 Å². The van der Waals surface area contributed by atoms with Gasteiger partial charge in [-0.3, -0.25) is 4.79 Å². The summed E-state index contributed by atoms with van der Waals surface area (Å²) in [7, 11) is 0. The number of amides is 1. The van der Waals surface area contributed by atoms with Gasteiger partial charge >= 0.3 is 0 Å². The molecule has 0 spiro atoms. The highest BCUT2D eigenvalue weighted by molar-refractivity contribution is 5.97. The Bertz CT molecular complexity index is 562. The van der Waals surface area contributed by atoms with Gasteiger partial charge in [0.25, 0.3) is 5.91 Å². The van der Waals surface area contributed by atoms with Crippen LogP contribution in [-0.4, -0.2) is 23.7 Å². The molecule has 0 aliphatic heterocycles. The average molecular weight is 285 g/mol. The fourth-order valence-electron chi connectivity index (χ4n) is 2.95. The molecule has 2 N–H and O–H groups in total. The third-order valence-electron chi connectivity index (χ3n) is 4.19. The van der Waals surface area contributed by atoms with Gasteiger partial charge in [-0.25, -0.2) is 0 Å². The molecule has 1 saturated carbocycles. The summed E-state index contributed by atoms with van der Waals surface area (Å²) in [6.45, 7) is 3.85. The van der Waals surface area contributed by atoms with Gasteiger partial charge in [-0.15, -0.1) is 0 Å². The largest absolute Gasteiger partial charge is 0.384 e. The molecule has 21 heavy (non-hydrogen) atoms. The standard InChI is InChI=1S/C18H23NO2/c1-13-9-10-17(16(12-13)8-5-11-20)18(21)19-14(2)15-6-3-4-7-15/h9-10,12,14-15,20H,3-4,6-7,11H2,1-2H3,(H,19,21). The first kappa shape index (κ1) is 15.6. The zero-order chi connectivity index (χ0) is 15.2. The molecule has 1 aromatic rings. The Kier molecular flexibility index (Phi) is 5.41. The van der Waals surface area contributed by atoms with Crippen LogP contribution < -0.4 is 5.32 Å². The van der Waals surface area contributed by atoms with E-state index in [1.165, 1.54) is 25.7 Å². The summed E-state index contributed by atoms with van der Waals surface area (Å²) >= 11 is 0. The molecule has 2 rings (SSSR count). The third-order valence-corrected chi connectivity index (χ3v) is 4.19. The smallest absolute Gasteiger partial charge is 0.252 e. The molecule has 112 valence electrons. The predicted molar refractivity (Wildman–Crippen MR) is 84.0 cm³/mol. The highest BCUT2D eigenvalue weighted by atomic mass is 16.2. The maximum atomic E-state index is 12.5. The molecule has 1 aromatic carbocycles. The van der Waals surface area contributed by atoms with Crippen LogP contribution in [0.1, 0.15) is 54.1 Å². The highest BCUT2D eigenvalue weighted by Crippen LogP contribution is 2.27. The van der Waals surface area contributed by atoms with E-state index < -0.39 is 0 Å². The second-order valence-corrected chi connectivity index (χ2v) is 5.82. The second-order valence-electron chi connectivity index (χ2n) is 5.82. The number of hydrogen-bond acceptors (Lipinski definition) is 2. The maximum absolute atomic E-state index is 12.5. The van der Waals surface area contributed by atoms with Gasteiger partial charge < -0.3 is 10.4 Å². The van der Waals surface area contributed by atoms with Gasteiger partial charge in [-0.05, 0) is 50.3 Å². The van der Waals surface area contributed by atoms with Crippen molar-refractivity contribution in [1.82, 2.24) is 5.32 Å². The Balaban J connectivity index is 2.14. The van der Waals surface area contributed by atoms with Crippen LogP contribution in [0.15, 0.2) is 18.2 Å². The predicted octanol–water partition coefficient (Wildman–Crippen LogP) is 2.65. The SMILES string of the molecule is Cc1ccc(C(=O)NC(C)C2CCCC2)c(C#CCO)c1. The third kappa shape index (κ3) is 4.09. The summed E-state index contributed by atoms with van der Waals surface area (Å²) in [6.07, 6.45) is 4.93. The topological polar surface area (TPSA) is 49.3 Å². The van der Waals surface area contributed by atoms with Gasteiger partial charge in [-0.2, -0.15) is 0 Å². The number of aliphatic hydroxyl groups is 1. The normalized spacial score (nSPS) is 16.1. The Morgan fingerprint density at radius 2 is 2.14 bits per heavy atom. The van der Waals surface area contributed by atoms with Crippen LogP contribution in [-0.2, 0) is 0 Å². The molecule has 0 bridgehead atoms. The lowest BCUT2D eigenvalue weighted by Gasteiger charge is -2.20. The molecule has 1 aliphatic carbocycles. The van der Waals surface area contributed by atoms with Crippen molar-refractivity contribution >= 4 is 5.91 Å². The molecule has 0 heterocycles. The van der Waals surface area contributed by atoms with E-state index in [0.29, 0.717) is 17.0 Å². The van der Waals surface area contributed by atoms with Gasteiger partial charge in [-0.1, -0.05) is 30.7 Å². The number of aliphatic hydroxyl groups excluding tert-OH is 1. The molecular weight excluding hydrogens is 262 g/mol. The van der Waals surface area contributed by atoms with Crippen molar-refractivity contribution in [1.29, 1.82) is 0 Å². The second kappa shape index (κ2) is 7.28. The van der Waals surface area contributed by atoms with E-state index in [9.17, 15) is 4.79 Å². The van der Waals surface area contributed by atoms with Gasteiger partial charge in [0.05, 0.1) is 5.56 Å². The number of hydrogen-bond donors (Lipinski definition) is 2. The summed E-state index contributed by atoms with van der Waals surface area (Å²) in [5.41, 5.74) is 2.32. The van der Waals surface area contributed by atoms with E-state index in [1.807, 2.05) is 25.1 Å². The average Bonchev–Trinajstić information content (AvgIpc) is 2.99. The maximum Gasteiger partial charge on any atom is 0.252 e. The molecular formula is C18H23NO2. The molecule has 1 unspecified atom stereocenters. The Morgan fingerprint density at radius 3 is 2.81 bits per heavy atom. The van der Waals surface area contributed by atoms with E-state index in [0.717, 1.165) is 5.56 Å². The molecule has 1 aliphatic rings. The number of rotatable bonds is 3. The first-order chi connectivity index (χ1) is 10.1. The fourth-order valence-corrected chi connectivity index (χ4v) is 2.95. The van der Waals surface area contributed by atoms with Gasteiger partial charge in [0.2, 0.25) is 0 Å². The Morgan fingerprint density at radius 1 is 1.43 bits per heavy atom. The van der Waals surface area contributed by atoms with Crippen LogP contribution in [0, 0.1) is 24.7 Å². The van der Waals surface area contributed by atoms with Gasteiger partial charge in [0.1, 0.15) is 6.61 Å². The number of aryl methyl sites for hydroxylation is 1. The van der Waals surface area contributed by atoms with Crippen molar-refractivity contribution in [2.75, 3.05) is 6.61 Å². The number of nitrogens with one attached hydrogen (secondary N) is 1. The zero-order valence-electron chi connectivity index (χ0n) is 12.8. The molecule has 0 saturated heterocycles. The van der Waals surface area contributed by atoms with Crippen LogP contribution >= 0.6 is 0 Å². The number of benzene rings is 1. The zero-order valence-corrected chi connectivity index (χ0v) is 12.8. The minimum absolute atomic E-state index is 0.0726. The lowest BCUT2D eigenvalue weighted by molar-refractivity contribution is 0.0927. The highest BCUT2D eigenvalue weighted by Gasteiger charge is 2.23. The molecule has 1 atom stereocenters. The van der Waals surface area contributed by atoms with E-state index in [2.05, 4.69) is 24.1 Å². The Hall–Kier alpha value is -1.79. The molecule has 0 radical (unpaired) electrons. The first-order valence-electron chi connectivity index (χ1n) is 7.63.